The first kappa shape index (κ1) is 13.3. The molecule has 0 radical (unpaired) electrons. The highest BCUT2D eigenvalue weighted by atomic mass is 16.5. The molecule has 0 aliphatic rings. The van der Waals surface area contributed by atoms with E-state index in [1.165, 1.54) is 6.33 Å². The van der Waals surface area contributed by atoms with Gasteiger partial charge in [-0.25, -0.2) is 9.97 Å². The van der Waals surface area contributed by atoms with Gasteiger partial charge in [0.2, 0.25) is 5.88 Å². The number of anilines is 1. The number of para-hydroxylation sites is 1. The van der Waals surface area contributed by atoms with E-state index < -0.39 is 0 Å². The average Bonchev–Trinajstić information content (AvgIpc) is 2.44. The molecule has 1 aromatic carbocycles. The van der Waals surface area contributed by atoms with Gasteiger partial charge in [0.15, 0.2) is 0 Å². The van der Waals surface area contributed by atoms with Gasteiger partial charge in [0.25, 0.3) is 0 Å². The number of nitrogens with zero attached hydrogens (tertiary/aromatic N) is 2. The van der Waals surface area contributed by atoms with Gasteiger partial charge in [-0.3, -0.25) is 0 Å². The van der Waals surface area contributed by atoms with Crippen LogP contribution in [0.2, 0.25) is 0 Å². The van der Waals surface area contributed by atoms with Crippen molar-refractivity contribution in [3.8, 4) is 11.6 Å². The number of rotatable bonds is 6. The summed E-state index contributed by atoms with van der Waals surface area (Å²) in [5.74, 6) is 2.30. The highest BCUT2D eigenvalue weighted by Crippen LogP contribution is 2.27. The van der Waals surface area contributed by atoms with E-state index in [9.17, 15) is 0 Å². The van der Waals surface area contributed by atoms with Crippen LogP contribution in [-0.2, 0) is 6.42 Å². The number of ether oxygens (including phenoxy) is 1. The Bertz CT molecular complexity index is 514. The molecule has 2 rings (SSSR count). The van der Waals surface area contributed by atoms with Gasteiger partial charge in [0.05, 0.1) is 5.56 Å². The minimum absolute atomic E-state index is 0.638. The monoisotopic (exact) mass is 257 g/mol. The molecule has 0 unspecified atom stereocenters. The lowest BCUT2D eigenvalue weighted by Gasteiger charge is -2.13. The lowest BCUT2D eigenvalue weighted by atomic mass is 10.1. The Morgan fingerprint density at radius 3 is 2.58 bits per heavy atom. The summed E-state index contributed by atoms with van der Waals surface area (Å²) >= 11 is 0. The second kappa shape index (κ2) is 6.73. The fourth-order valence-corrected chi connectivity index (χ4v) is 1.88. The van der Waals surface area contributed by atoms with Gasteiger partial charge in [0, 0.05) is 6.54 Å². The Kier molecular flexibility index (Phi) is 4.72. The van der Waals surface area contributed by atoms with Crippen molar-refractivity contribution in [1.82, 2.24) is 9.97 Å². The summed E-state index contributed by atoms with van der Waals surface area (Å²) in [5, 5.41) is 3.26. The third kappa shape index (κ3) is 3.44. The lowest BCUT2D eigenvalue weighted by Crippen LogP contribution is -2.06. The fraction of sp³-hybridized carbons (Fsp3) is 0.333. The molecule has 0 aliphatic heterocycles. The molecule has 4 heteroatoms. The first-order valence-corrected chi connectivity index (χ1v) is 6.65. The van der Waals surface area contributed by atoms with Crippen molar-refractivity contribution in [2.24, 2.45) is 0 Å². The smallest absolute Gasteiger partial charge is 0.227 e. The molecule has 1 aromatic heterocycles. The molecule has 1 heterocycles. The summed E-state index contributed by atoms with van der Waals surface area (Å²) in [6, 6.07) is 9.70. The van der Waals surface area contributed by atoms with Crippen molar-refractivity contribution in [2.45, 2.75) is 26.7 Å². The second-order valence-electron chi connectivity index (χ2n) is 4.20. The second-order valence-corrected chi connectivity index (χ2v) is 4.20. The van der Waals surface area contributed by atoms with Crippen molar-refractivity contribution < 1.29 is 4.74 Å². The molecule has 100 valence electrons. The molecule has 0 aliphatic carbocycles. The molecule has 0 amide bonds. The van der Waals surface area contributed by atoms with Gasteiger partial charge in [-0.1, -0.05) is 31.5 Å². The Morgan fingerprint density at radius 2 is 1.89 bits per heavy atom. The maximum atomic E-state index is 5.86. The van der Waals surface area contributed by atoms with Crippen LogP contribution >= 0.6 is 0 Å². The first-order valence-electron chi connectivity index (χ1n) is 6.65. The van der Waals surface area contributed by atoms with Gasteiger partial charge in [-0.2, -0.15) is 0 Å². The summed E-state index contributed by atoms with van der Waals surface area (Å²) in [6.07, 6.45) is 3.46. The minimum atomic E-state index is 0.638. The van der Waals surface area contributed by atoms with E-state index in [-0.39, 0.29) is 0 Å². The molecule has 0 spiro atoms. The summed E-state index contributed by atoms with van der Waals surface area (Å²) in [6.45, 7) is 5.02. The summed E-state index contributed by atoms with van der Waals surface area (Å²) in [4.78, 5) is 8.55. The van der Waals surface area contributed by atoms with Crippen LogP contribution in [0.3, 0.4) is 0 Å². The Morgan fingerprint density at radius 1 is 1.11 bits per heavy atom. The number of aromatic nitrogens is 2. The van der Waals surface area contributed by atoms with Crippen molar-refractivity contribution in [3.05, 3.63) is 42.2 Å². The van der Waals surface area contributed by atoms with Crippen LogP contribution in [0.1, 0.15) is 25.8 Å². The van der Waals surface area contributed by atoms with Crippen molar-refractivity contribution in [3.63, 3.8) is 0 Å². The van der Waals surface area contributed by atoms with Crippen LogP contribution in [0.4, 0.5) is 5.82 Å². The molecule has 1 N–H and O–H groups in total. The zero-order valence-electron chi connectivity index (χ0n) is 11.4. The molecule has 0 fully saturated rings. The highest BCUT2D eigenvalue weighted by Gasteiger charge is 2.12. The predicted octanol–water partition coefficient (Wildman–Crippen LogP) is 3.65. The molecule has 0 saturated heterocycles. The van der Waals surface area contributed by atoms with E-state index in [0.29, 0.717) is 5.88 Å². The van der Waals surface area contributed by atoms with Gasteiger partial charge >= 0.3 is 0 Å². The quantitative estimate of drug-likeness (QED) is 0.858. The van der Waals surface area contributed by atoms with Crippen molar-refractivity contribution in [1.29, 1.82) is 0 Å². The van der Waals surface area contributed by atoms with Crippen LogP contribution in [0.15, 0.2) is 36.7 Å². The maximum absolute atomic E-state index is 5.86. The molecular formula is C15H19N3O. The SMILES string of the molecule is CCCc1c(NCC)ncnc1Oc1ccccc1. The molecule has 4 nitrogen and oxygen atoms in total. The van der Waals surface area contributed by atoms with Crippen LogP contribution in [0, 0.1) is 0 Å². The number of benzene rings is 1. The number of nitrogens with one attached hydrogen (secondary N) is 1. The predicted molar refractivity (Wildman–Crippen MR) is 76.7 cm³/mol. The average molecular weight is 257 g/mol. The molecule has 0 saturated carbocycles. The van der Waals surface area contributed by atoms with E-state index in [2.05, 4.69) is 29.1 Å². The maximum Gasteiger partial charge on any atom is 0.227 e. The van der Waals surface area contributed by atoms with Gasteiger partial charge in [-0.15, -0.1) is 0 Å². The fourth-order valence-electron chi connectivity index (χ4n) is 1.88. The van der Waals surface area contributed by atoms with E-state index in [4.69, 9.17) is 4.74 Å². The van der Waals surface area contributed by atoms with Crippen LogP contribution in [0.5, 0.6) is 11.6 Å². The van der Waals surface area contributed by atoms with E-state index in [1.54, 1.807) is 0 Å². The van der Waals surface area contributed by atoms with Crippen LogP contribution < -0.4 is 10.1 Å². The Balaban J connectivity index is 2.30. The molecule has 19 heavy (non-hydrogen) atoms. The Hall–Kier alpha value is -2.10. The van der Waals surface area contributed by atoms with Gasteiger partial charge in [-0.05, 0) is 25.5 Å². The topological polar surface area (TPSA) is 47.0 Å². The zero-order chi connectivity index (χ0) is 13.5. The largest absolute Gasteiger partial charge is 0.439 e. The summed E-state index contributed by atoms with van der Waals surface area (Å²) < 4.78 is 5.86. The zero-order valence-corrected chi connectivity index (χ0v) is 11.4. The normalized spacial score (nSPS) is 10.2. The van der Waals surface area contributed by atoms with Crippen molar-refractivity contribution >= 4 is 5.82 Å². The van der Waals surface area contributed by atoms with Crippen LogP contribution in [0.25, 0.3) is 0 Å². The van der Waals surface area contributed by atoms with Crippen LogP contribution in [-0.4, -0.2) is 16.5 Å². The van der Waals surface area contributed by atoms with Gasteiger partial charge < -0.3 is 10.1 Å². The van der Waals surface area contributed by atoms with E-state index in [1.807, 2.05) is 30.3 Å². The molecule has 2 aromatic rings. The number of hydrogen-bond acceptors (Lipinski definition) is 4. The van der Waals surface area contributed by atoms with E-state index >= 15 is 0 Å². The highest BCUT2D eigenvalue weighted by molar-refractivity contribution is 5.49. The third-order valence-corrected chi connectivity index (χ3v) is 2.71. The summed E-state index contributed by atoms with van der Waals surface area (Å²) in [7, 11) is 0. The first-order chi connectivity index (χ1) is 9.35. The molecular weight excluding hydrogens is 238 g/mol. The minimum Gasteiger partial charge on any atom is -0.439 e. The van der Waals surface area contributed by atoms with Crippen molar-refractivity contribution in [2.75, 3.05) is 11.9 Å². The third-order valence-electron chi connectivity index (χ3n) is 2.71. The van der Waals surface area contributed by atoms with Gasteiger partial charge in [0.1, 0.15) is 17.9 Å². The standard InChI is InChI=1S/C15H19N3O/c1-3-8-13-14(16-4-2)17-11-18-15(13)19-12-9-6-5-7-10-12/h5-7,9-11H,3-4,8H2,1-2H3,(H,16,17,18). The van der Waals surface area contributed by atoms with E-state index in [0.717, 1.165) is 36.5 Å². The number of hydrogen-bond donors (Lipinski definition) is 1. The molecule has 0 atom stereocenters. The summed E-state index contributed by atoms with van der Waals surface area (Å²) in [5.41, 5.74) is 1.04. The molecule has 0 bridgehead atoms. The lowest BCUT2D eigenvalue weighted by molar-refractivity contribution is 0.454. The Labute approximate surface area is 113 Å².